The Balaban J connectivity index is 0.00000261. The van der Waals surface area contributed by atoms with Crippen LogP contribution in [0.2, 0.25) is 5.02 Å². The number of nitrogens with zero attached hydrogens (tertiary/aromatic N) is 1. The Labute approximate surface area is 169 Å². The molecule has 144 valence electrons. The molecule has 1 atom stereocenters. The zero-order valence-corrected chi connectivity index (χ0v) is 16.1. The molecule has 0 saturated carbocycles. The van der Waals surface area contributed by atoms with Crippen LogP contribution in [0.25, 0.3) is 0 Å². The first-order chi connectivity index (χ1) is 12.6. The van der Waals surface area contributed by atoms with Crippen molar-refractivity contribution >= 4 is 47.2 Å². The lowest BCUT2D eigenvalue weighted by molar-refractivity contribution is -0.122. The molecule has 6 nitrogen and oxygen atoms in total. The van der Waals surface area contributed by atoms with Crippen LogP contribution in [0.4, 0.5) is 11.4 Å². The average molecular weight is 410 g/mol. The molecule has 3 N–H and O–H groups in total. The topological polar surface area (TPSA) is 84.7 Å². The van der Waals surface area contributed by atoms with Crippen molar-refractivity contribution in [1.29, 1.82) is 0 Å². The van der Waals surface area contributed by atoms with E-state index in [1.165, 1.54) is 0 Å². The van der Waals surface area contributed by atoms with Crippen LogP contribution in [0, 0.1) is 5.92 Å². The zero-order chi connectivity index (χ0) is 18.5. The summed E-state index contributed by atoms with van der Waals surface area (Å²) in [5, 5.41) is 3.45. The number of halogens is 2. The summed E-state index contributed by atoms with van der Waals surface area (Å²) in [7, 11) is 0. The lowest BCUT2D eigenvalue weighted by Crippen LogP contribution is -2.28. The molecular formula is C19H21Cl2N3O3. The predicted molar refractivity (Wildman–Crippen MR) is 109 cm³/mol. The van der Waals surface area contributed by atoms with Gasteiger partial charge in [0.05, 0.1) is 5.92 Å². The number of benzene rings is 2. The van der Waals surface area contributed by atoms with Gasteiger partial charge in [-0.2, -0.15) is 0 Å². The van der Waals surface area contributed by atoms with Crippen molar-refractivity contribution in [2.24, 2.45) is 11.7 Å². The summed E-state index contributed by atoms with van der Waals surface area (Å²) in [5.41, 5.74) is 6.80. The van der Waals surface area contributed by atoms with Gasteiger partial charge in [0, 0.05) is 35.9 Å². The Morgan fingerprint density at radius 2 is 1.85 bits per heavy atom. The highest BCUT2D eigenvalue weighted by Crippen LogP contribution is 2.27. The van der Waals surface area contributed by atoms with Crippen LogP contribution in [-0.4, -0.2) is 31.5 Å². The van der Waals surface area contributed by atoms with Gasteiger partial charge < -0.3 is 20.7 Å². The largest absolute Gasteiger partial charge is 0.492 e. The Morgan fingerprint density at radius 1 is 1.19 bits per heavy atom. The molecule has 3 rings (SSSR count). The van der Waals surface area contributed by atoms with Crippen LogP contribution >= 0.6 is 24.0 Å². The highest BCUT2D eigenvalue weighted by Gasteiger charge is 2.35. The molecule has 0 radical (unpaired) electrons. The van der Waals surface area contributed by atoms with Gasteiger partial charge in [-0.1, -0.05) is 11.6 Å². The predicted octanol–water partition coefficient (Wildman–Crippen LogP) is 3.09. The molecule has 0 bridgehead atoms. The standard InChI is InChI=1S/C19H20ClN3O3.ClH/c20-14-1-5-16(6-2-14)23-12-13(11-18(23)24)19(25)22-15-3-7-17(8-4-15)26-10-9-21;/h1-8,13H,9-12,21H2,(H,22,25);1H. The molecule has 2 aromatic rings. The molecule has 1 heterocycles. The van der Waals surface area contributed by atoms with Gasteiger partial charge in [0.15, 0.2) is 0 Å². The Morgan fingerprint density at radius 3 is 2.48 bits per heavy atom. The van der Waals surface area contributed by atoms with Gasteiger partial charge >= 0.3 is 0 Å². The third kappa shape index (κ3) is 5.35. The number of ether oxygens (including phenoxy) is 1. The van der Waals surface area contributed by atoms with E-state index in [-0.39, 0.29) is 30.6 Å². The lowest BCUT2D eigenvalue weighted by Gasteiger charge is -2.16. The first kappa shape index (κ1) is 21.0. The van der Waals surface area contributed by atoms with Crippen molar-refractivity contribution < 1.29 is 14.3 Å². The van der Waals surface area contributed by atoms with Crippen LogP contribution in [0.1, 0.15) is 6.42 Å². The zero-order valence-electron chi connectivity index (χ0n) is 14.6. The molecule has 1 aliphatic rings. The van der Waals surface area contributed by atoms with Crippen LogP contribution in [0.3, 0.4) is 0 Å². The van der Waals surface area contributed by atoms with Crippen LogP contribution in [0.5, 0.6) is 5.75 Å². The van der Waals surface area contributed by atoms with Crippen molar-refractivity contribution in [2.75, 3.05) is 29.9 Å². The second-order valence-electron chi connectivity index (χ2n) is 6.03. The molecule has 2 aromatic carbocycles. The maximum Gasteiger partial charge on any atom is 0.229 e. The number of amides is 2. The fourth-order valence-corrected chi connectivity index (χ4v) is 2.94. The Bertz CT molecular complexity index is 782. The first-order valence-electron chi connectivity index (χ1n) is 8.36. The van der Waals surface area contributed by atoms with E-state index in [1.807, 2.05) is 0 Å². The molecule has 1 aliphatic heterocycles. The van der Waals surface area contributed by atoms with Crippen LogP contribution in [-0.2, 0) is 9.59 Å². The van der Waals surface area contributed by atoms with Gasteiger partial charge in [0.1, 0.15) is 12.4 Å². The molecule has 27 heavy (non-hydrogen) atoms. The minimum atomic E-state index is -0.397. The van der Waals surface area contributed by atoms with E-state index in [9.17, 15) is 9.59 Å². The molecule has 1 unspecified atom stereocenters. The molecule has 0 aliphatic carbocycles. The van der Waals surface area contributed by atoms with Crippen molar-refractivity contribution in [3.05, 3.63) is 53.6 Å². The molecule has 8 heteroatoms. The van der Waals surface area contributed by atoms with E-state index >= 15 is 0 Å². The van der Waals surface area contributed by atoms with Crippen LogP contribution < -0.4 is 20.7 Å². The van der Waals surface area contributed by atoms with Crippen molar-refractivity contribution in [1.82, 2.24) is 0 Å². The highest BCUT2D eigenvalue weighted by molar-refractivity contribution is 6.30. The van der Waals surface area contributed by atoms with Gasteiger partial charge in [0.2, 0.25) is 11.8 Å². The number of anilines is 2. The number of carbonyl (C=O) groups is 2. The lowest BCUT2D eigenvalue weighted by atomic mass is 10.1. The number of hydrogen-bond donors (Lipinski definition) is 2. The maximum atomic E-state index is 12.5. The van der Waals surface area contributed by atoms with E-state index < -0.39 is 5.92 Å². The number of nitrogens with two attached hydrogens (primary N) is 1. The fourth-order valence-electron chi connectivity index (χ4n) is 2.81. The number of rotatable bonds is 6. The first-order valence-corrected chi connectivity index (χ1v) is 8.74. The van der Waals surface area contributed by atoms with Crippen molar-refractivity contribution in [2.45, 2.75) is 6.42 Å². The average Bonchev–Trinajstić information content (AvgIpc) is 3.04. The van der Waals surface area contributed by atoms with Crippen LogP contribution in [0.15, 0.2) is 48.5 Å². The van der Waals surface area contributed by atoms with E-state index in [2.05, 4.69) is 5.32 Å². The summed E-state index contributed by atoms with van der Waals surface area (Å²) in [4.78, 5) is 26.4. The van der Waals surface area contributed by atoms with Crippen molar-refractivity contribution in [3.63, 3.8) is 0 Å². The van der Waals surface area contributed by atoms with Gasteiger partial charge in [-0.3, -0.25) is 9.59 Å². The molecule has 2 amide bonds. The highest BCUT2D eigenvalue weighted by atomic mass is 35.5. The van der Waals surface area contributed by atoms with Gasteiger partial charge in [-0.25, -0.2) is 0 Å². The Hall–Kier alpha value is -2.28. The van der Waals surface area contributed by atoms with E-state index in [0.29, 0.717) is 36.2 Å². The summed E-state index contributed by atoms with van der Waals surface area (Å²) < 4.78 is 5.40. The normalized spacial score (nSPS) is 16.0. The minimum absolute atomic E-state index is 0. The van der Waals surface area contributed by atoms with E-state index in [4.69, 9.17) is 22.1 Å². The smallest absolute Gasteiger partial charge is 0.229 e. The Kier molecular flexibility index (Phi) is 7.47. The second kappa shape index (κ2) is 9.60. The van der Waals surface area contributed by atoms with Crippen molar-refractivity contribution in [3.8, 4) is 5.75 Å². The molecular weight excluding hydrogens is 389 g/mol. The van der Waals surface area contributed by atoms with Gasteiger partial charge in [-0.15, -0.1) is 12.4 Å². The van der Waals surface area contributed by atoms with Gasteiger partial charge in [-0.05, 0) is 48.5 Å². The number of nitrogens with one attached hydrogen (secondary N) is 1. The number of carbonyl (C=O) groups excluding carboxylic acids is 2. The van der Waals surface area contributed by atoms with E-state index in [1.54, 1.807) is 53.4 Å². The molecule has 1 saturated heterocycles. The van der Waals surface area contributed by atoms with Gasteiger partial charge in [0.25, 0.3) is 0 Å². The summed E-state index contributed by atoms with van der Waals surface area (Å²) in [6.45, 7) is 1.23. The third-order valence-corrected chi connectivity index (χ3v) is 4.39. The summed E-state index contributed by atoms with van der Waals surface area (Å²) in [5.74, 6) is 0.0493. The minimum Gasteiger partial charge on any atom is -0.492 e. The SMILES string of the molecule is Cl.NCCOc1ccc(NC(=O)C2CC(=O)N(c3ccc(Cl)cc3)C2)cc1. The van der Waals surface area contributed by atoms with E-state index in [0.717, 1.165) is 5.69 Å². The third-order valence-electron chi connectivity index (χ3n) is 4.14. The number of hydrogen-bond acceptors (Lipinski definition) is 4. The molecule has 0 aromatic heterocycles. The summed E-state index contributed by atoms with van der Waals surface area (Å²) >= 11 is 5.88. The molecule has 0 spiro atoms. The summed E-state index contributed by atoms with van der Waals surface area (Å²) in [6.07, 6.45) is 0.187. The fraction of sp³-hybridized carbons (Fsp3) is 0.263. The summed E-state index contributed by atoms with van der Waals surface area (Å²) in [6, 6.07) is 14.1. The quantitative estimate of drug-likeness (QED) is 0.767. The maximum absolute atomic E-state index is 12.5. The monoisotopic (exact) mass is 409 g/mol. The second-order valence-corrected chi connectivity index (χ2v) is 6.47. The molecule has 1 fully saturated rings.